The number of hydrogen-bond acceptors (Lipinski definition) is 3. The Balaban J connectivity index is 1.57. The summed E-state index contributed by atoms with van der Waals surface area (Å²) in [7, 11) is 0. The second-order valence-electron chi connectivity index (χ2n) is 6.00. The Morgan fingerprint density at radius 3 is 2.64 bits per heavy atom. The van der Waals surface area contributed by atoms with Crippen molar-refractivity contribution >= 4 is 27.5 Å². The van der Waals surface area contributed by atoms with Crippen LogP contribution in [0.1, 0.15) is 23.4 Å². The Bertz CT molecular complexity index is 885. The fraction of sp³-hybridized carbons (Fsp3) is 0.200. The molecule has 128 valence electrons. The number of oxazole rings is 1. The van der Waals surface area contributed by atoms with Crippen molar-refractivity contribution in [1.82, 2.24) is 4.98 Å². The first-order valence-corrected chi connectivity index (χ1v) is 8.88. The Morgan fingerprint density at radius 1 is 1.16 bits per heavy atom. The second kappa shape index (κ2) is 7.66. The third kappa shape index (κ3) is 4.57. The van der Waals surface area contributed by atoms with Crippen LogP contribution in [0.2, 0.25) is 0 Å². The zero-order valence-electron chi connectivity index (χ0n) is 14.2. The molecule has 0 aliphatic heterocycles. The predicted octanol–water partition coefficient (Wildman–Crippen LogP) is 5.29. The van der Waals surface area contributed by atoms with Gasteiger partial charge in [-0.05, 0) is 31.5 Å². The molecule has 1 aromatic heterocycles. The fourth-order valence-electron chi connectivity index (χ4n) is 2.39. The van der Waals surface area contributed by atoms with Gasteiger partial charge in [-0.3, -0.25) is 4.79 Å². The molecular weight excluding hydrogens is 380 g/mol. The van der Waals surface area contributed by atoms with Crippen molar-refractivity contribution in [3.8, 4) is 11.3 Å². The molecule has 0 fully saturated rings. The number of aromatic nitrogens is 1. The van der Waals surface area contributed by atoms with Crippen molar-refractivity contribution in [2.45, 2.75) is 26.7 Å². The molecule has 0 radical (unpaired) electrons. The Labute approximate surface area is 155 Å². The van der Waals surface area contributed by atoms with Crippen LogP contribution in [-0.2, 0) is 11.2 Å². The smallest absolute Gasteiger partial charge is 0.224 e. The summed E-state index contributed by atoms with van der Waals surface area (Å²) in [5.41, 5.74) is 4.08. The van der Waals surface area contributed by atoms with Crippen molar-refractivity contribution in [2.75, 3.05) is 5.32 Å². The average molecular weight is 399 g/mol. The molecule has 0 atom stereocenters. The summed E-state index contributed by atoms with van der Waals surface area (Å²) >= 11 is 3.46. The van der Waals surface area contributed by atoms with Gasteiger partial charge in [0.25, 0.3) is 0 Å². The molecule has 0 aliphatic rings. The first-order valence-electron chi connectivity index (χ1n) is 8.09. The molecule has 0 bridgehead atoms. The number of rotatable bonds is 5. The molecule has 1 amide bonds. The molecule has 2 aromatic carbocycles. The standard InChI is InChI=1S/C20H19BrN2O2/c1-13-3-6-15(7-4-13)18-12-22-20(25-18)10-9-19(24)23-16-8-5-14(2)17(21)11-16/h3-8,11-12H,9-10H2,1-2H3,(H,23,24). The topological polar surface area (TPSA) is 55.1 Å². The molecule has 0 aliphatic carbocycles. The molecule has 3 aromatic rings. The Kier molecular flexibility index (Phi) is 5.34. The number of nitrogens with one attached hydrogen (secondary N) is 1. The first-order chi connectivity index (χ1) is 12.0. The molecule has 1 N–H and O–H groups in total. The lowest BCUT2D eigenvalue weighted by Crippen LogP contribution is -2.12. The van der Waals surface area contributed by atoms with Gasteiger partial charge in [-0.25, -0.2) is 4.98 Å². The van der Waals surface area contributed by atoms with Crippen LogP contribution in [0.4, 0.5) is 5.69 Å². The maximum Gasteiger partial charge on any atom is 0.224 e. The quantitative estimate of drug-likeness (QED) is 0.634. The molecule has 5 heteroatoms. The first kappa shape index (κ1) is 17.4. The summed E-state index contributed by atoms with van der Waals surface area (Å²) < 4.78 is 6.72. The van der Waals surface area contributed by atoms with Crippen molar-refractivity contribution in [3.63, 3.8) is 0 Å². The van der Waals surface area contributed by atoms with E-state index in [0.717, 1.165) is 27.0 Å². The minimum Gasteiger partial charge on any atom is -0.441 e. The van der Waals surface area contributed by atoms with Gasteiger partial charge < -0.3 is 9.73 Å². The largest absolute Gasteiger partial charge is 0.441 e. The van der Waals surface area contributed by atoms with E-state index in [4.69, 9.17) is 4.42 Å². The van der Waals surface area contributed by atoms with Crippen molar-refractivity contribution < 1.29 is 9.21 Å². The highest BCUT2D eigenvalue weighted by molar-refractivity contribution is 9.10. The highest BCUT2D eigenvalue weighted by Gasteiger charge is 2.09. The lowest BCUT2D eigenvalue weighted by Gasteiger charge is -2.06. The summed E-state index contributed by atoms with van der Waals surface area (Å²) in [6, 6.07) is 13.8. The fourth-order valence-corrected chi connectivity index (χ4v) is 2.77. The van der Waals surface area contributed by atoms with Crippen LogP contribution in [-0.4, -0.2) is 10.9 Å². The molecular formula is C20H19BrN2O2. The van der Waals surface area contributed by atoms with Crippen LogP contribution in [0.3, 0.4) is 0 Å². The predicted molar refractivity (Wildman–Crippen MR) is 103 cm³/mol. The number of amides is 1. The van der Waals surface area contributed by atoms with Crippen LogP contribution >= 0.6 is 15.9 Å². The molecule has 0 saturated carbocycles. The van der Waals surface area contributed by atoms with Crippen LogP contribution in [0, 0.1) is 13.8 Å². The van der Waals surface area contributed by atoms with Crippen LogP contribution in [0.25, 0.3) is 11.3 Å². The number of benzene rings is 2. The highest BCUT2D eigenvalue weighted by Crippen LogP contribution is 2.22. The third-order valence-corrected chi connectivity index (χ3v) is 4.77. The lowest BCUT2D eigenvalue weighted by atomic mass is 10.1. The second-order valence-corrected chi connectivity index (χ2v) is 6.85. The monoisotopic (exact) mass is 398 g/mol. The van der Waals surface area contributed by atoms with E-state index in [9.17, 15) is 4.79 Å². The molecule has 4 nitrogen and oxygen atoms in total. The Morgan fingerprint density at radius 2 is 1.92 bits per heavy atom. The summed E-state index contributed by atoms with van der Waals surface area (Å²) in [4.78, 5) is 16.4. The molecule has 0 saturated heterocycles. The van der Waals surface area contributed by atoms with Crippen LogP contribution in [0.5, 0.6) is 0 Å². The number of carbonyl (C=O) groups is 1. The summed E-state index contributed by atoms with van der Waals surface area (Å²) in [5, 5.41) is 2.89. The van der Waals surface area contributed by atoms with E-state index in [2.05, 4.69) is 26.2 Å². The summed E-state index contributed by atoms with van der Waals surface area (Å²) in [6.07, 6.45) is 2.49. The zero-order chi connectivity index (χ0) is 17.8. The average Bonchev–Trinajstić information content (AvgIpc) is 3.06. The van der Waals surface area contributed by atoms with Gasteiger partial charge in [0.05, 0.1) is 6.20 Å². The van der Waals surface area contributed by atoms with E-state index in [1.54, 1.807) is 6.20 Å². The van der Waals surface area contributed by atoms with Gasteiger partial charge in [-0.2, -0.15) is 0 Å². The lowest BCUT2D eigenvalue weighted by molar-refractivity contribution is -0.116. The minimum absolute atomic E-state index is 0.0640. The number of anilines is 1. The maximum atomic E-state index is 12.1. The van der Waals surface area contributed by atoms with E-state index >= 15 is 0 Å². The Hall–Kier alpha value is -2.40. The third-order valence-electron chi connectivity index (χ3n) is 3.91. The van der Waals surface area contributed by atoms with Gasteiger partial charge in [0.1, 0.15) is 0 Å². The normalized spacial score (nSPS) is 10.7. The van der Waals surface area contributed by atoms with Crippen LogP contribution in [0.15, 0.2) is 57.6 Å². The molecule has 1 heterocycles. The summed E-state index contributed by atoms with van der Waals surface area (Å²) in [6.45, 7) is 4.05. The van der Waals surface area contributed by atoms with Gasteiger partial charge in [0.15, 0.2) is 11.7 Å². The molecule has 3 rings (SSSR count). The van der Waals surface area contributed by atoms with Crippen molar-refractivity contribution in [1.29, 1.82) is 0 Å². The zero-order valence-corrected chi connectivity index (χ0v) is 15.8. The highest BCUT2D eigenvalue weighted by atomic mass is 79.9. The molecule has 0 unspecified atom stereocenters. The van der Waals surface area contributed by atoms with E-state index in [0.29, 0.717) is 18.7 Å². The van der Waals surface area contributed by atoms with Gasteiger partial charge in [-0.1, -0.05) is 51.8 Å². The molecule has 25 heavy (non-hydrogen) atoms. The van der Waals surface area contributed by atoms with Gasteiger partial charge in [0, 0.05) is 28.6 Å². The van der Waals surface area contributed by atoms with Gasteiger partial charge in [-0.15, -0.1) is 0 Å². The number of hydrogen-bond donors (Lipinski definition) is 1. The van der Waals surface area contributed by atoms with Crippen molar-refractivity contribution in [2.24, 2.45) is 0 Å². The number of nitrogens with zero attached hydrogens (tertiary/aromatic N) is 1. The van der Waals surface area contributed by atoms with E-state index in [-0.39, 0.29) is 5.91 Å². The maximum absolute atomic E-state index is 12.1. The SMILES string of the molecule is Cc1ccc(-c2cnc(CCC(=O)Nc3ccc(C)c(Br)c3)o2)cc1. The van der Waals surface area contributed by atoms with Gasteiger partial charge in [0.2, 0.25) is 5.91 Å². The van der Waals surface area contributed by atoms with Crippen molar-refractivity contribution in [3.05, 3.63) is 70.2 Å². The van der Waals surface area contributed by atoms with E-state index in [1.807, 2.05) is 56.3 Å². The number of carbonyl (C=O) groups excluding carboxylic acids is 1. The van der Waals surface area contributed by atoms with E-state index < -0.39 is 0 Å². The molecule has 0 spiro atoms. The van der Waals surface area contributed by atoms with Gasteiger partial charge >= 0.3 is 0 Å². The van der Waals surface area contributed by atoms with E-state index in [1.165, 1.54) is 5.56 Å². The minimum atomic E-state index is -0.0640. The number of aryl methyl sites for hydroxylation is 3. The number of halogens is 1. The van der Waals surface area contributed by atoms with Crippen LogP contribution < -0.4 is 5.32 Å². The summed E-state index contributed by atoms with van der Waals surface area (Å²) in [5.74, 6) is 1.22.